The fraction of sp³-hybridized carbons (Fsp3) is 0.615. The van der Waals surface area contributed by atoms with E-state index in [9.17, 15) is 0 Å². The van der Waals surface area contributed by atoms with E-state index in [0.717, 1.165) is 38.3 Å². The van der Waals surface area contributed by atoms with Crippen LogP contribution in [-0.2, 0) is 11.2 Å². The highest BCUT2D eigenvalue weighted by Crippen LogP contribution is 2.11. The van der Waals surface area contributed by atoms with Gasteiger partial charge in [0.25, 0.3) is 0 Å². The molecule has 1 aromatic heterocycles. The summed E-state index contributed by atoms with van der Waals surface area (Å²) in [6.45, 7) is 2.52. The summed E-state index contributed by atoms with van der Waals surface area (Å²) in [5.74, 6) is 0. The predicted octanol–water partition coefficient (Wildman–Crippen LogP) is 0.672. The first-order valence-corrected chi connectivity index (χ1v) is 6.21. The van der Waals surface area contributed by atoms with Crippen molar-refractivity contribution in [1.29, 1.82) is 0 Å². The molecule has 0 amide bonds. The van der Waals surface area contributed by atoms with Gasteiger partial charge in [-0.1, -0.05) is 6.07 Å². The van der Waals surface area contributed by atoms with Gasteiger partial charge in [0.1, 0.15) is 0 Å². The van der Waals surface area contributed by atoms with Crippen LogP contribution in [0.3, 0.4) is 0 Å². The third-order valence-corrected chi connectivity index (χ3v) is 3.39. The molecule has 1 aliphatic heterocycles. The first-order valence-electron chi connectivity index (χ1n) is 6.21. The standard InChI is InChI=1S/C13H21N3O/c1-16(13-10-17-9-6-12(13)14)8-5-11-4-2-3-7-15-11/h2-4,7,12-13H,5-6,8-10,14H2,1H3. The number of hydrogen-bond acceptors (Lipinski definition) is 4. The van der Waals surface area contributed by atoms with Crippen molar-refractivity contribution in [2.45, 2.75) is 24.9 Å². The van der Waals surface area contributed by atoms with Gasteiger partial charge in [0.15, 0.2) is 0 Å². The Labute approximate surface area is 103 Å². The van der Waals surface area contributed by atoms with Crippen molar-refractivity contribution >= 4 is 0 Å². The van der Waals surface area contributed by atoms with Crippen LogP contribution in [0, 0.1) is 0 Å². The molecule has 1 aliphatic rings. The molecule has 1 fully saturated rings. The van der Waals surface area contributed by atoms with E-state index >= 15 is 0 Å². The van der Waals surface area contributed by atoms with Gasteiger partial charge in [0, 0.05) is 43.5 Å². The molecule has 1 aromatic rings. The molecule has 2 heterocycles. The molecular formula is C13H21N3O. The summed E-state index contributed by atoms with van der Waals surface area (Å²) >= 11 is 0. The van der Waals surface area contributed by atoms with Crippen LogP contribution < -0.4 is 5.73 Å². The van der Waals surface area contributed by atoms with Gasteiger partial charge < -0.3 is 10.5 Å². The Kier molecular flexibility index (Phi) is 4.48. The molecule has 1 saturated heterocycles. The molecule has 2 N–H and O–H groups in total. The monoisotopic (exact) mass is 235 g/mol. The second-order valence-corrected chi connectivity index (χ2v) is 4.65. The Hall–Kier alpha value is -0.970. The van der Waals surface area contributed by atoms with Gasteiger partial charge in [-0.15, -0.1) is 0 Å². The molecule has 2 atom stereocenters. The lowest BCUT2D eigenvalue weighted by Gasteiger charge is -2.35. The van der Waals surface area contributed by atoms with Crippen molar-refractivity contribution in [3.8, 4) is 0 Å². The third kappa shape index (κ3) is 3.49. The van der Waals surface area contributed by atoms with Gasteiger partial charge in [-0.25, -0.2) is 0 Å². The minimum absolute atomic E-state index is 0.234. The van der Waals surface area contributed by atoms with Crippen LogP contribution in [0.4, 0.5) is 0 Å². The summed E-state index contributed by atoms with van der Waals surface area (Å²) < 4.78 is 5.49. The van der Waals surface area contributed by atoms with E-state index in [1.807, 2.05) is 18.3 Å². The lowest BCUT2D eigenvalue weighted by molar-refractivity contribution is 0.0157. The van der Waals surface area contributed by atoms with E-state index in [0.29, 0.717) is 6.04 Å². The normalized spacial score (nSPS) is 25.1. The van der Waals surface area contributed by atoms with E-state index in [2.05, 4.69) is 23.0 Å². The molecule has 2 unspecified atom stereocenters. The van der Waals surface area contributed by atoms with Crippen LogP contribution in [0.25, 0.3) is 0 Å². The van der Waals surface area contributed by atoms with E-state index in [4.69, 9.17) is 10.5 Å². The van der Waals surface area contributed by atoms with Gasteiger partial charge in [-0.3, -0.25) is 9.88 Å². The van der Waals surface area contributed by atoms with Crippen LogP contribution in [0.2, 0.25) is 0 Å². The minimum Gasteiger partial charge on any atom is -0.380 e. The summed E-state index contributed by atoms with van der Waals surface area (Å²) in [6, 6.07) is 6.60. The van der Waals surface area contributed by atoms with Crippen molar-refractivity contribution in [2.75, 3.05) is 26.8 Å². The minimum atomic E-state index is 0.234. The zero-order valence-corrected chi connectivity index (χ0v) is 10.4. The Morgan fingerprint density at radius 3 is 3.12 bits per heavy atom. The highest BCUT2D eigenvalue weighted by Gasteiger charge is 2.25. The van der Waals surface area contributed by atoms with Crippen LogP contribution in [0.15, 0.2) is 24.4 Å². The van der Waals surface area contributed by atoms with Crippen molar-refractivity contribution in [3.05, 3.63) is 30.1 Å². The Morgan fingerprint density at radius 1 is 1.53 bits per heavy atom. The number of nitrogens with two attached hydrogens (primary N) is 1. The van der Waals surface area contributed by atoms with E-state index in [1.54, 1.807) is 0 Å². The fourth-order valence-corrected chi connectivity index (χ4v) is 2.20. The van der Waals surface area contributed by atoms with Gasteiger partial charge in [-0.05, 0) is 25.6 Å². The highest BCUT2D eigenvalue weighted by atomic mass is 16.5. The van der Waals surface area contributed by atoms with E-state index < -0.39 is 0 Å². The Balaban J connectivity index is 1.82. The molecule has 0 aromatic carbocycles. The highest BCUT2D eigenvalue weighted by molar-refractivity contribution is 5.04. The number of nitrogens with zero attached hydrogens (tertiary/aromatic N) is 2. The summed E-state index contributed by atoms with van der Waals surface area (Å²) in [7, 11) is 2.11. The van der Waals surface area contributed by atoms with Crippen LogP contribution in [0.5, 0.6) is 0 Å². The molecule has 0 aliphatic carbocycles. The Bertz CT molecular complexity index is 331. The quantitative estimate of drug-likeness (QED) is 0.833. The second-order valence-electron chi connectivity index (χ2n) is 4.65. The summed E-state index contributed by atoms with van der Waals surface area (Å²) in [4.78, 5) is 6.62. The molecule has 2 rings (SSSR count). The number of aromatic nitrogens is 1. The lowest BCUT2D eigenvalue weighted by atomic mass is 10.0. The predicted molar refractivity (Wildman–Crippen MR) is 67.8 cm³/mol. The van der Waals surface area contributed by atoms with Crippen molar-refractivity contribution < 1.29 is 4.74 Å². The number of rotatable bonds is 4. The molecule has 17 heavy (non-hydrogen) atoms. The first kappa shape index (κ1) is 12.5. The largest absolute Gasteiger partial charge is 0.380 e. The van der Waals surface area contributed by atoms with Crippen molar-refractivity contribution in [1.82, 2.24) is 9.88 Å². The maximum atomic E-state index is 6.11. The van der Waals surface area contributed by atoms with E-state index in [1.165, 1.54) is 0 Å². The van der Waals surface area contributed by atoms with Crippen LogP contribution in [-0.4, -0.2) is 48.8 Å². The average molecular weight is 235 g/mol. The van der Waals surface area contributed by atoms with Gasteiger partial charge in [0.2, 0.25) is 0 Å². The molecular weight excluding hydrogens is 214 g/mol. The molecule has 4 heteroatoms. The number of hydrogen-bond donors (Lipinski definition) is 1. The molecule has 4 nitrogen and oxygen atoms in total. The average Bonchev–Trinajstić information content (AvgIpc) is 2.38. The molecule has 0 bridgehead atoms. The smallest absolute Gasteiger partial charge is 0.0636 e. The molecule has 0 saturated carbocycles. The van der Waals surface area contributed by atoms with Crippen LogP contribution in [0.1, 0.15) is 12.1 Å². The molecule has 0 spiro atoms. The maximum absolute atomic E-state index is 6.11. The molecule has 0 radical (unpaired) electrons. The van der Waals surface area contributed by atoms with Crippen LogP contribution >= 0.6 is 0 Å². The number of ether oxygens (including phenoxy) is 1. The fourth-order valence-electron chi connectivity index (χ4n) is 2.20. The lowest BCUT2D eigenvalue weighted by Crippen LogP contribution is -2.52. The first-order chi connectivity index (χ1) is 8.27. The SMILES string of the molecule is CN(CCc1ccccn1)C1COCCC1N. The van der Waals surface area contributed by atoms with Gasteiger partial charge in [0.05, 0.1) is 6.61 Å². The van der Waals surface area contributed by atoms with E-state index in [-0.39, 0.29) is 6.04 Å². The topological polar surface area (TPSA) is 51.4 Å². The van der Waals surface area contributed by atoms with Crippen molar-refractivity contribution in [2.24, 2.45) is 5.73 Å². The number of pyridine rings is 1. The summed E-state index contributed by atoms with van der Waals surface area (Å²) in [6.07, 6.45) is 3.75. The molecule has 94 valence electrons. The maximum Gasteiger partial charge on any atom is 0.0636 e. The summed E-state index contributed by atoms with van der Waals surface area (Å²) in [5, 5.41) is 0. The number of likely N-dealkylation sites (N-methyl/N-ethyl adjacent to an activating group) is 1. The second kappa shape index (κ2) is 6.10. The van der Waals surface area contributed by atoms with Gasteiger partial charge in [-0.2, -0.15) is 0 Å². The van der Waals surface area contributed by atoms with Gasteiger partial charge >= 0.3 is 0 Å². The van der Waals surface area contributed by atoms with Crippen molar-refractivity contribution in [3.63, 3.8) is 0 Å². The Morgan fingerprint density at radius 2 is 2.41 bits per heavy atom. The zero-order valence-electron chi connectivity index (χ0n) is 10.4. The zero-order chi connectivity index (χ0) is 12.1. The summed E-state index contributed by atoms with van der Waals surface area (Å²) in [5.41, 5.74) is 7.24. The third-order valence-electron chi connectivity index (χ3n) is 3.39.